The maximum atomic E-state index is 11.1. The summed E-state index contributed by atoms with van der Waals surface area (Å²) >= 11 is 0. The molecule has 0 fully saturated rings. The van der Waals surface area contributed by atoms with Crippen molar-refractivity contribution in [3.8, 4) is 0 Å². The highest BCUT2D eigenvalue weighted by molar-refractivity contribution is 5.95. The van der Waals surface area contributed by atoms with E-state index in [-0.39, 0.29) is 11.6 Å². The van der Waals surface area contributed by atoms with Gasteiger partial charge in [-0.2, -0.15) is 0 Å². The number of carbonyl (C=O) groups excluding carboxylic acids is 4. The van der Waals surface area contributed by atoms with Gasteiger partial charge in [0.25, 0.3) is 0 Å². The number of esters is 2. The van der Waals surface area contributed by atoms with Crippen LogP contribution in [0, 0.1) is 6.29 Å². The number of hydrogen-bond acceptors (Lipinski definition) is 6. The van der Waals surface area contributed by atoms with Crippen LogP contribution in [0.3, 0.4) is 0 Å². The summed E-state index contributed by atoms with van der Waals surface area (Å²) in [5.41, 5.74) is 0. The van der Waals surface area contributed by atoms with Crippen molar-refractivity contribution in [2.45, 2.75) is 26.7 Å². The van der Waals surface area contributed by atoms with E-state index in [1.165, 1.54) is 13.8 Å². The van der Waals surface area contributed by atoms with E-state index in [2.05, 4.69) is 16.1 Å². The van der Waals surface area contributed by atoms with Crippen LogP contribution in [0.4, 0.5) is 0 Å². The fourth-order valence-corrected chi connectivity index (χ4v) is 0.807. The average molecular weight is 241 g/mol. The van der Waals surface area contributed by atoms with Gasteiger partial charge in [-0.3, -0.25) is 19.2 Å². The Labute approximate surface area is 98.6 Å². The molecular formula is C11H13O6. The van der Waals surface area contributed by atoms with Crippen molar-refractivity contribution in [2.75, 3.05) is 0 Å². The minimum Gasteiger partial charge on any atom is -0.411 e. The molecule has 0 saturated heterocycles. The number of hydrogen-bond donors (Lipinski definition) is 0. The van der Waals surface area contributed by atoms with E-state index in [0.29, 0.717) is 0 Å². The summed E-state index contributed by atoms with van der Waals surface area (Å²) in [6.45, 7) is 5.70. The van der Waals surface area contributed by atoms with Gasteiger partial charge in [-0.1, -0.05) is 6.58 Å². The molecule has 0 aliphatic carbocycles. The number of Topliss-reactive ketones (excluding diaryl/α,β-unsaturated/α-hetero) is 2. The van der Waals surface area contributed by atoms with Crippen LogP contribution in [0.25, 0.3) is 0 Å². The molecule has 0 aromatic rings. The molecule has 0 heterocycles. The molecule has 0 aliphatic rings. The Morgan fingerprint density at radius 2 is 1.29 bits per heavy atom. The Balaban J connectivity index is 4.20. The zero-order valence-corrected chi connectivity index (χ0v) is 9.65. The third-order valence-corrected chi connectivity index (χ3v) is 1.38. The van der Waals surface area contributed by atoms with Gasteiger partial charge in [-0.05, 0) is 13.8 Å². The fourth-order valence-electron chi connectivity index (χ4n) is 0.807. The van der Waals surface area contributed by atoms with Gasteiger partial charge in [0.1, 0.15) is 24.4 Å². The van der Waals surface area contributed by atoms with Crippen LogP contribution in [0.5, 0.6) is 0 Å². The molecule has 0 rings (SSSR count). The topological polar surface area (TPSA) is 86.7 Å². The maximum absolute atomic E-state index is 11.1. The van der Waals surface area contributed by atoms with Crippen LogP contribution in [-0.4, -0.2) is 23.5 Å². The highest BCUT2D eigenvalue weighted by Crippen LogP contribution is 2.09. The molecule has 0 aromatic heterocycles. The summed E-state index contributed by atoms with van der Waals surface area (Å²) < 4.78 is 9.09. The van der Waals surface area contributed by atoms with Gasteiger partial charge in [0.15, 0.2) is 0 Å². The first-order valence-corrected chi connectivity index (χ1v) is 4.74. The third-order valence-electron chi connectivity index (χ3n) is 1.38. The van der Waals surface area contributed by atoms with E-state index in [1.54, 1.807) is 0 Å². The predicted octanol–water partition coefficient (Wildman–Crippen LogP) is 0.706. The minimum atomic E-state index is -0.858. The Morgan fingerprint density at radius 3 is 1.53 bits per heavy atom. The fraction of sp³-hybridized carbons (Fsp3) is 0.364. The summed E-state index contributed by atoms with van der Waals surface area (Å²) in [5, 5.41) is 0. The molecule has 6 heteroatoms. The molecule has 0 spiro atoms. The van der Waals surface area contributed by atoms with Gasteiger partial charge >= 0.3 is 18.2 Å². The van der Waals surface area contributed by atoms with Crippen LogP contribution in [0.1, 0.15) is 26.7 Å². The molecule has 0 saturated carbocycles. The van der Waals surface area contributed by atoms with Gasteiger partial charge in [0.2, 0.25) is 0 Å². The van der Waals surface area contributed by atoms with Crippen molar-refractivity contribution in [1.82, 2.24) is 0 Å². The minimum absolute atomic E-state index is 0.381. The maximum Gasteiger partial charge on any atom is 0.359 e. The van der Waals surface area contributed by atoms with E-state index in [4.69, 9.17) is 0 Å². The molecule has 0 unspecified atom stereocenters. The Morgan fingerprint density at radius 1 is 0.941 bits per heavy atom. The lowest BCUT2D eigenvalue weighted by atomic mass is 10.3. The first kappa shape index (κ1) is 15.0. The molecule has 0 amide bonds. The smallest absolute Gasteiger partial charge is 0.359 e. The van der Waals surface area contributed by atoms with Crippen LogP contribution in [-0.2, 0) is 28.7 Å². The van der Waals surface area contributed by atoms with E-state index in [9.17, 15) is 19.2 Å². The van der Waals surface area contributed by atoms with Crippen molar-refractivity contribution in [2.24, 2.45) is 0 Å². The molecule has 93 valence electrons. The highest BCUT2D eigenvalue weighted by atomic mass is 16.7. The SMILES string of the molecule is C=C[C](OC(=O)CC(C)=O)OC(=O)CC(C)=O. The van der Waals surface area contributed by atoms with Crippen molar-refractivity contribution < 1.29 is 28.7 Å². The van der Waals surface area contributed by atoms with Crippen LogP contribution in [0.2, 0.25) is 0 Å². The van der Waals surface area contributed by atoms with Gasteiger partial charge in [0.05, 0.1) is 0 Å². The van der Waals surface area contributed by atoms with Gasteiger partial charge in [0, 0.05) is 6.08 Å². The molecular weight excluding hydrogens is 228 g/mol. The van der Waals surface area contributed by atoms with Crippen LogP contribution >= 0.6 is 0 Å². The van der Waals surface area contributed by atoms with E-state index >= 15 is 0 Å². The zero-order chi connectivity index (χ0) is 13.4. The van der Waals surface area contributed by atoms with Crippen molar-refractivity contribution in [3.63, 3.8) is 0 Å². The quantitative estimate of drug-likeness (QED) is 0.481. The predicted molar refractivity (Wildman–Crippen MR) is 56.2 cm³/mol. The standard InChI is InChI=1S/C11H13O6/c1-4-11(16-9(14)5-7(2)12)17-10(15)6-8(3)13/h4H,1,5-6H2,2-3H3. The summed E-state index contributed by atoms with van der Waals surface area (Å²) in [6.07, 6.45) is -0.304. The second-order valence-electron chi connectivity index (χ2n) is 3.23. The number of ketones is 2. The molecule has 0 aliphatic heterocycles. The second kappa shape index (κ2) is 7.32. The van der Waals surface area contributed by atoms with E-state index < -0.39 is 31.1 Å². The number of carbonyl (C=O) groups is 4. The highest BCUT2D eigenvalue weighted by Gasteiger charge is 2.19. The molecule has 0 atom stereocenters. The third kappa shape index (κ3) is 7.89. The second-order valence-corrected chi connectivity index (χ2v) is 3.23. The number of ether oxygens (including phenoxy) is 2. The zero-order valence-electron chi connectivity index (χ0n) is 9.65. The molecule has 0 aromatic carbocycles. The van der Waals surface area contributed by atoms with E-state index in [1.807, 2.05) is 0 Å². The van der Waals surface area contributed by atoms with Crippen molar-refractivity contribution >= 4 is 23.5 Å². The molecule has 6 nitrogen and oxygen atoms in total. The Hall–Kier alpha value is -1.98. The lowest BCUT2D eigenvalue weighted by Crippen LogP contribution is -2.18. The molecule has 0 N–H and O–H groups in total. The summed E-state index contributed by atoms with van der Waals surface area (Å²) in [4.78, 5) is 43.3. The monoisotopic (exact) mass is 241 g/mol. The lowest BCUT2D eigenvalue weighted by Gasteiger charge is -2.11. The summed E-state index contributed by atoms with van der Waals surface area (Å²) in [7, 11) is 0. The first-order valence-electron chi connectivity index (χ1n) is 4.74. The van der Waals surface area contributed by atoms with Gasteiger partial charge < -0.3 is 9.47 Å². The number of rotatable bonds is 7. The van der Waals surface area contributed by atoms with Crippen LogP contribution < -0.4 is 0 Å². The molecule has 1 radical (unpaired) electrons. The van der Waals surface area contributed by atoms with E-state index in [0.717, 1.165) is 6.08 Å². The average Bonchev–Trinajstić information content (AvgIpc) is 2.13. The normalized spacial score (nSPS) is 9.59. The van der Waals surface area contributed by atoms with Gasteiger partial charge in [-0.15, -0.1) is 0 Å². The molecule has 17 heavy (non-hydrogen) atoms. The lowest BCUT2D eigenvalue weighted by molar-refractivity contribution is -0.161. The van der Waals surface area contributed by atoms with Crippen LogP contribution in [0.15, 0.2) is 12.7 Å². The Bertz CT molecular complexity index is 314. The largest absolute Gasteiger partial charge is 0.411 e. The Kier molecular flexibility index (Phi) is 6.47. The molecule has 0 bridgehead atoms. The van der Waals surface area contributed by atoms with Gasteiger partial charge in [-0.25, -0.2) is 0 Å². The van der Waals surface area contributed by atoms with Crippen molar-refractivity contribution in [1.29, 1.82) is 0 Å². The van der Waals surface area contributed by atoms with Crippen molar-refractivity contribution in [3.05, 3.63) is 18.9 Å². The summed E-state index contributed by atoms with van der Waals surface area (Å²) in [5.74, 6) is -2.48. The summed E-state index contributed by atoms with van der Waals surface area (Å²) in [6, 6.07) is 0. The first-order chi connectivity index (χ1) is 7.85.